The highest BCUT2D eigenvalue weighted by atomic mass is 32.2. The molecule has 0 radical (unpaired) electrons. The van der Waals surface area contributed by atoms with Crippen molar-refractivity contribution in [2.75, 3.05) is 5.75 Å². The van der Waals surface area contributed by atoms with Crippen molar-refractivity contribution in [1.29, 1.82) is 0 Å². The fraction of sp³-hybridized carbons (Fsp3) is 0.818. The normalized spacial score (nSPS) is 12.3. The maximum absolute atomic E-state index is 11.6. The third-order valence-corrected chi connectivity index (χ3v) is 8.88. The Balaban J connectivity index is 2.59. The number of para-hydroxylation sites is 1. The summed E-state index contributed by atoms with van der Waals surface area (Å²) in [6.07, 6.45) is 28.3. The van der Waals surface area contributed by atoms with E-state index in [0.717, 1.165) is 31.4 Å². The molecule has 0 aliphatic rings. The average Bonchev–Trinajstić information content (AvgIpc) is 2.90. The summed E-state index contributed by atoms with van der Waals surface area (Å²) in [5.41, 5.74) is 0.939. The van der Waals surface area contributed by atoms with E-state index >= 15 is 0 Å². The molecule has 0 aliphatic carbocycles. The van der Waals surface area contributed by atoms with E-state index < -0.39 is 10.1 Å². The van der Waals surface area contributed by atoms with Crippen LogP contribution < -0.4 is 5.32 Å². The summed E-state index contributed by atoms with van der Waals surface area (Å²) >= 11 is 0. The van der Waals surface area contributed by atoms with Crippen LogP contribution in [0.3, 0.4) is 0 Å². The minimum absolute atomic E-state index is 0.209. The Morgan fingerprint density at radius 1 is 0.579 bits per heavy atom. The Morgan fingerprint density at radius 2 is 0.947 bits per heavy atom. The number of benzene rings is 1. The summed E-state index contributed by atoms with van der Waals surface area (Å²) in [7, 11) is -4.22. The molecule has 222 valence electrons. The first-order valence-electron chi connectivity index (χ1n) is 16.3. The molecule has 1 aromatic carbocycles. The molecule has 2 N–H and O–H groups in total. The summed E-state index contributed by atoms with van der Waals surface area (Å²) in [4.78, 5) is 0. The molecule has 0 heterocycles. The highest BCUT2D eigenvalue weighted by Gasteiger charge is 2.34. The minimum Gasteiger partial charge on any atom is -0.748 e. The zero-order chi connectivity index (χ0) is 27.8. The number of quaternary nitrogens is 1. The third-order valence-electron chi connectivity index (χ3n) is 8.18. The summed E-state index contributed by atoms with van der Waals surface area (Å²) < 4.78 is 34.9. The maximum Gasteiger partial charge on any atom is 0.129 e. The number of hydrogen-bond donors (Lipinski definition) is 1. The fourth-order valence-corrected chi connectivity index (χ4v) is 6.41. The lowest BCUT2D eigenvalue weighted by Gasteiger charge is -2.32. The van der Waals surface area contributed by atoms with Gasteiger partial charge in [-0.15, -0.1) is 0 Å². The molecule has 0 aromatic heterocycles. The van der Waals surface area contributed by atoms with E-state index in [1.165, 1.54) is 116 Å². The molecule has 0 amide bonds. The maximum atomic E-state index is 11.6. The molecule has 5 heteroatoms. The van der Waals surface area contributed by atoms with E-state index in [0.29, 0.717) is 6.42 Å². The largest absolute Gasteiger partial charge is 0.748 e. The van der Waals surface area contributed by atoms with Gasteiger partial charge in [0, 0.05) is 25.0 Å². The van der Waals surface area contributed by atoms with Crippen LogP contribution in [0.5, 0.6) is 0 Å². The van der Waals surface area contributed by atoms with Crippen molar-refractivity contribution >= 4 is 15.8 Å². The van der Waals surface area contributed by atoms with Crippen LogP contribution in [-0.2, 0) is 10.1 Å². The summed E-state index contributed by atoms with van der Waals surface area (Å²) in [5.74, 6) is -0.258. The lowest BCUT2D eigenvalue weighted by atomic mass is 9.83. The summed E-state index contributed by atoms with van der Waals surface area (Å²) in [6.45, 7) is 4.52. The molecule has 0 saturated heterocycles. The number of rotatable bonds is 27. The molecule has 38 heavy (non-hydrogen) atoms. The van der Waals surface area contributed by atoms with Crippen molar-refractivity contribution in [3.05, 3.63) is 30.3 Å². The van der Waals surface area contributed by atoms with E-state index in [4.69, 9.17) is 0 Å². The average molecular weight is 552 g/mol. The van der Waals surface area contributed by atoms with E-state index in [1.54, 1.807) is 0 Å². The SMILES string of the molecule is CCCCCCCCCCCCC(CCCCCCCCCCCC)(CCS(=O)(=O)[O-])[NH2+]c1ccccc1. The van der Waals surface area contributed by atoms with Gasteiger partial charge in [-0.2, -0.15) is 0 Å². The molecule has 1 aromatic rings. The van der Waals surface area contributed by atoms with Crippen molar-refractivity contribution in [2.45, 2.75) is 167 Å². The van der Waals surface area contributed by atoms with Gasteiger partial charge in [0.2, 0.25) is 0 Å². The van der Waals surface area contributed by atoms with Gasteiger partial charge in [0.25, 0.3) is 0 Å². The van der Waals surface area contributed by atoms with Crippen LogP contribution in [0, 0.1) is 0 Å². The second kappa shape index (κ2) is 22.9. The fourth-order valence-electron chi connectivity index (χ4n) is 5.75. The smallest absolute Gasteiger partial charge is 0.129 e. The minimum atomic E-state index is -4.22. The van der Waals surface area contributed by atoms with Gasteiger partial charge >= 0.3 is 0 Å². The zero-order valence-electron chi connectivity index (χ0n) is 25.1. The molecule has 0 fully saturated rings. The van der Waals surface area contributed by atoms with Gasteiger partial charge in [0.15, 0.2) is 0 Å². The molecular weight excluding hydrogens is 490 g/mol. The van der Waals surface area contributed by atoms with Gasteiger partial charge in [0.05, 0.1) is 10.1 Å². The molecule has 1 rings (SSSR count). The van der Waals surface area contributed by atoms with Crippen LogP contribution in [0.2, 0.25) is 0 Å². The molecule has 0 saturated carbocycles. The predicted molar refractivity (Wildman–Crippen MR) is 163 cm³/mol. The monoisotopic (exact) mass is 551 g/mol. The Morgan fingerprint density at radius 3 is 1.32 bits per heavy atom. The van der Waals surface area contributed by atoms with Crippen molar-refractivity contribution in [1.82, 2.24) is 0 Å². The van der Waals surface area contributed by atoms with Crippen molar-refractivity contribution < 1.29 is 18.3 Å². The van der Waals surface area contributed by atoms with E-state index in [2.05, 4.69) is 31.3 Å². The standard InChI is InChI=1S/C33H61NO3S/c1-3-5-7-9-11-13-15-17-19-24-28-33(30-31-38(35,36)37,34-32-26-22-21-23-27-32)29-25-20-18-16-14-12-10-8-6-4-2/h21-23,26-27,34H,3-20,24-25,28-31H2,1-2H3,(H,35,36,37). The van der Waals surface area contributed by atoms with Crippen molar-refractivity contribution in [3.63, 3.8) is 0 Å². The first-order chi connectivity index (χ1) is 18.4. The first-order valence-corrected chi connectivity index (χ1v) is 17.8. The third kappa shape index (κ3) is 20.1. The summed E-state index contributed by atoms with van der Waals surface area (Å²) in [6, 6.07) is 10.3. The Hall–Kier alpha value is -0.910. The number of hydrogen-bond acceptors (Lipinski definition) is 3. The van der Waals surface area contributed by atoms with Crippen molar-refractivity contribution in [2.24, 2.45) is 0 Å². The van der Waals surface area contributed by atoms with Crippen LogP contribution in [0.15, 0.2) is 30.3 Å². The van der Waals surface area contributed by atoms with Gasteiger partial charge < -0.3 is 9.87 Å². The van der Waals surface area contributed by atoms with Gasteiger partial charge in [0.1, 0.15) is 11.2 Å². The molecule has 0 spiro atoms. The van der Waals surface area contributed by atoms with Crippen LogP contribution in [0.4, 0.5) is 5.69 Å². The topological polar surface area (TPSA) is 73.8 Å². The van der Waals surface area contributed by atoms with Crippen molar-refractivity contribution in [3.8, 4) is 0 Å². The van der Waals surface area contributed by atoms with Gasteiger partial charge in [-0.05, 0) is 25.0 Å². The van der Waals surface area contributed by atoms with E-state index in [1.807, 2.05) is 18.2 Å². The molecule has 0 aliphatic heterocycles. The van der Waals surface area contributed by atoms with Crippen LogP contribution in [0.25, 0.3) is 0 Å². The quantitative estimate of drug-likeness (QED) is 0.0673. The van der Waals surface area contributed by atoms with Gasteiger partial charge in [-0.3, -0.25) is 0 Å². The van der Waals surface area contributed by atoms with E-state index in [9.17, 15) is 13.0 Å². The lowest BCUT2D eigenvalue weighted by Crippen LogP contribution is -2.92. The zero-order valence-corrected chi connectivity index (χ0v) is 25.9. The summed E-state index contributed by atoms with van der Waals surface area (Å²) in [5, 5.41) is 2.31. The molecule has 0 bridgehead atoms. The Bertz CT molecular complexity index is 727. The van der Waals surface area contributed by atoms with Crippen LogP contribution >= 0.6 is 0 Å². The van der Waals surface area contributed by atoms with E-state index in [-0.39, 0.29) is 11.3 Å². The lowest BCUT2D eigenvalue weighted by molar-refractivity contribution is -0.658. The molecule has 0 atom stereocenters. The second-order valence-corrected chi connectivity index (χ2v) is 13.3. The second-order valence-electron chi connectivity index (χ2n) is 11.8. The highest BCUT2D eigenvalue weighted by Crippen LogP contribution is 2.26. The van der Waals surface area contributed by atoms with Gasteiger partial charge in [-0.25, -0.2) is 8.42 Å². The molecule has 0 unspecified atom stereocenters. The molecule has 4 nitrogen and oxygen atoms in total. The first kappa shape index (κ1) is 35.1. The predicted octanol–water partition coefficient (Wildman–Crippen LogP) is 9.18. The number of unbranched alkanes of at least 4 members (excludes halogenated alkanes) is 18. The van der Waals surface area contributed by atoms with Crippen LogP contribution in [0.1, 0.15) is 162 Å². The highest BCUT2D eigenvalue weighted by molar-refractivity contribution is 7.85. The van der Waals surface area contributed by atoms with Crippen LogP contribution in [-0.4, -0.2) is 24.3 Å². The Labute approximate surface area is 236 Å². The van der Waals surface area contributed by atoms with Gasteiger partial charge in [-0.1, -0.05) is 148 Å². The molecular formula is C33H61NO3S. The number of nitrogens with two attached hydrogens (primary N) is 1. The Kier molecular flexibility index (Phi) is 21.1.